The van der Waals surface area contributed by atoms with Crippen molar-refractivity contribution in [2.45, 2.75) is 5.41 Å². The molecule has 3 heterocycles. The second-order valence-electron chi connectivity index (χ2n) is 16.0. The van der Waals surface area contributed by atoms with Gasteiger partial charge in [0.25, 0.3) is 0 Å². The number of hydrogen-bond acceptors (Lipinski definition) is 4. The van der Waals surface area contributed by atoms with E-state index in [2.05, 4.69) is 206 Å². The highest BCUT2D eigenvalue weighted by atomic mass is 32.1. The molecular formula is C57H34N2OS. The zero-order valence-corrected chi connectivity index (χ0v) is 33.7. The standard InChI is InChI=1S/C57H34N2OS/c1-2-20-41-35(14-1)15-13-23-44(41)56-58-53(55-54(59-56)45-22-4-10-29-52(45)61-55)40-19-12-18-38(33-40)36-16-11-17-37(32-36)39-30-31-43-42-21-3-5-24-46(42)57(49(43)34-39)47-25-6-8-27-50(47)60-51-28-9-7-26-48(51)57/h1-34H. The molecular weight excluding hydrogens is 761 g/mol. The molecule has 0 atom stereocenters. The predicted octanol–water partition coefficient (Wildman–Crippen LogP) is 15.1. The van der Waals surface area contributed by atoms with Crippen LogP contribution in [0.4, 0.5) is 0 Å². The summed E-state index contributed by atoms with van der Waals surface area (Å²) in [4.78, 5) is 10.7. The first kappa shape index (κ1) is 34.2. The number of fused-ring (bicyclic) bond motifs is 13. The van der Waals surface area contributed by atoms with Gasteiger partial charge in [-0.3, -0.25) is 0 Å². The van der Waals surface area contributed by atoms with Crippen LogP contribution in [0.2, 0.25) is 0 Å². The van der Waals surface area contributed by atoms with Crippen LogP contribution in [0.1, 0.15) is 22.3 Å². The van der Waals surface area contributed by atoms with E-state index in [4.69, 9.17) is 14.7 Å². The lowest BCUT2D eigenvalue weighted by Crippen LogP contribution is -2.32. The van der Waals surface area contributed by atoms with Crippen LogP contribution in [0.3, 0.4) is 0 Å². The van der Waals surface area contributed by atoms with Gasteiger partial charge in [0.1, 0.15) is 11.5 Å². The van der Waals surface area contributed by atoms with E-state index in [9.17, 15) is 0 Å². The van der Waals surface area contributed by atoms with E-state index in [0.29, 0.717) is 0 Å². The van der Waals surface area contributed by atoms with Gasteiger partial charge in [-0.15, -0.1) is 11.3 Å². The number of nitrogens with zero attached hydrogens (tertiary/aromatic N) is 2. The molecule has 61 heavy (non-hydrogen) atoms. The normalized spacial score (nSPS) is 13.2. The Morgan fingerprint density at radius 1 is 0.393 bits per heavy atom. The number of thiophene rings is 1. The molecule has 4 heteroatoms. The molecule has 13 rings (SSSR count). The van der Waals surface area contributed by atoms with Crippen LogP contribution in [-0.4, -0.2) is 9.97 Å². The van der Waals surface area contributed by atoms with Gasteiger partial charge in [-0.25, -0.2) is 9.97 Å². The van der Waals surface area contributed by atoms with Crippen LogP contribution >= 0.6 is 11.3 Å². The Morgan fingerprint density at radius 2 is 0.951 bits per heavy atom. The molecule has 0 N–H and O–H groups in total. The largest absolute Gasteiger partial charge is 0.457 e. The van der Waals surface area contributed by atoms with E-state index in [1.807, 2.05) is 0 Å². The summed E-state index contributed by atoms with van der Waals surface area (Å²) in [6.45, 7) is 0. The van der Waals surface area contributed by atoms with E-state index in [0.717, 1.165) is 71.8 Å². The summed E-state index contributed by atoms with van der Waals surface area (Å²) in [6.07, 6.45) is 0. The van der Waals surface area contributed by atoms with Crippen LogP contribution in [0.15, 0.2) is 206 Å². The summed E-state index contributed by atoms with van der Waals surface area (Å²) in [5.74, 6) is 2.54. The van der Waals surface area contributed by atoms with Crippen molar-refractivity contribution < 1.29 is 4.74 Å². The summed E-state index contributed by atoms with van der Waals surface area (Å²) in [6, 6.07) is 74.3. The number of rotatable bonds is 4. The van der Waals surface area contributed by atoms with E-state index >= 15 is 0 Å². The molecule has 11 aromatic rings. The Balaban J connectivity index is 0.958. The van der Waals surface area contributed by atoms with Gasteiger partial charge in [0.05, 0.1) is 21.3 Å². The fourth-order valence-corrected chi connectivity index (χ4v) is 11.2. The van der Waals surface area contributed by atoms with Gasteiger partial charge in [0.2, 0.25) is 0 Å². The molecule has 0 saturated heterocycles. The first-order valence-corrected chi connectivity index (χ1v) is 21.5. The third-order valence-corrected chi connectivity index (χ3v) is 13.9. The monoisotopic (exact) mass is 794 g/mol. The van der Waals surface area contributed by atoms with Crippen molar-refractivity contribution >= 4 is 42.4 Å². The van der Waals surface area contributed by atoms with Crippen LogP contribution in [-0.2, 0) is 5.41 Å². The third kappa shape index (κ3) is 5.03. The molecule has 2 aromatic heterocycles. The fourth-order valence-electron chi connectivity index (χ4n) is 10.1. The van der Waals surface area contributed by atoms with Gasteiger partial charge in [0.15, 0.2) is 5.82 Å². The molecule has 1 aliphatic carbocycles. The second-order valence-corrected chi connectivity index (χ2v) is 17.1. The van der Waals surface area contributed by atoms with Gasteiger partial charge in [-0.1, -0.05) is 170 Å². The maximum absolute atomic E-state index is 6.59. The molecule has 0 radical (unpaired) electrons. The fraction of sp³-hybridized carbons (Fsp3) is 0.0175. The number of aromatic nitrogens is 2. The molecule has 2 aliphatic rings. The molecule has 1 spiro atoms. The Labute approximate surface area is 356 Å². The highest BCUT2D eigenvalue weighted by molar-refractivity contribution is 7.26. The van der Waals surface area contributed by atoms with Crippen molar-refractivity contribution in [2.24, 2.45) is 0 Å². The highest BCUT2D eigenvalue weighted by Crippen LogP contribution is 2.62. The molecule has 0 bridgehead atoms. The second kappa shape index (κ2) is 13.2. The lowest BCUT2D eigenvalue weighted by atomic mass is 9.66. The smallest absolute Gasteiger partial charge is 0.161 e. The summed E-state index contributed by atoms with van der Waals surface area (Å²) >= 11 is 1.77. The van der Waals surface area contributed by atoms with Crippen molar-refractivity contribution in [1.82, 2.24) is 9.97 Å². The SMILES string of the molecule is c1cc(-c2cccc(-c3nc(-c4cccc5ccccc45)nc4c3sc3ccccc34)c2)cc(-c2ccc3c(c2)C2(c4ccccc4Oc4ccccc42)c2ccccc2-3)c1. The molecule has 3 nitrogen and oxygen atoms in total. The average Bonchev–Trinajstić information content (AvgIpc) is 3.85. The number of ether oxygens (including phenoxy) is 1. The zero-order valence-electron chi connectivity index (χ0n) is 32.8. The maximum atomic E-state index is 6.59. The van der Waals surface area contributed by atoms with Crippen LogP contribution < -0.4 is 4.74 Å². The maximum Gasteiger partial charge on any atom is 0.161 e. The minimum absolute atomic E-state index is 0.514. The summed E-state index contributed by atoms with van der Waals surface area (Å²) in [7, 11) is 0. The van der Waals surface area contributed by atoms with E-state index in [1.54, 1.807) is 11.3 Å². The topological polar surface area (TPSA) is 35.0 Å². The van der Waals surface area contributed by atoms with Gasteiger partial charge >= 0.3 is 0 Å². The molecule has 9 aromatic carbocycles. The quantitative estimate of drug-likeness (QED) is 0.178. The average molecular weight is 795 g/mol. The minimum atomic E-state index is -0.514. The molecule has 0 unspecified atom stereocenters. The van der Waals surface area contributed by atoms with Gasteiger partial charge in [0, 0.05) is 32.3 Å². The first-order valence-electron chi connectivity index (χ1n) is 20.7. The van der Waals surface area contributed by atoms with Crippen molar-refractivity contribution in [3.63, 3.8) is 0 Å². The van der Waals surface area contributed by atoms with Gasteiger partial charge in [-0.2, -0.15) is 0 Å². The van der Waals surface area contributed by atoms with E-state index in [-0.39, 0.29) is 0 Å². The van der Waals surface area contributed by atoms with Gasteiger partial charge in [-0.05, 0) is 91.7 Å². The highest BCUT2D eigenvalue weighted by Gasteiger charge is 2.51. The predicted molar refractivity (Wildman–Crippen MR) is 252 cm³/mol. The van der Waals surface area contributed by atoms with Crippen molar-refractivity contribution in [2.75, 3.05) is 0 Å². The molecule has 1 aliphatic heterocycles. The first-order chi connectivity index (χ1) is 30.2. The van der Waals surface area contributed by atoms with Crippen LogP contribution in [0.5, 0.6) is 11.5 Å². The Bertz CT molecular complexity index is 3550. The Hall–Kier alpha value is -7.66. The Morgan fingerprint density at radius 3 is 1.74 bits per heavy atom. The summed E-state index contributed by atoms with van der Waals surface area (Å²) < 4.78 is 8.90. The van der Waals surface area contributed by atoms with Crippen molar-refractivity contribution in [1.29, 1.82) is 0 Å². The third-order valence-electron chi connectivity index (χ3n) is 12.8. The molecule has 0 amide bonds. The molecule has 284 valence electrons. The van der Waals surface area contributed by atoms with Gasteiger partial charge < -0.3 is 4.74 Å². The zero-order chi connectivity index (χ0) is 40.1. The minimum Gasteiger partial charge on any atom is -0.457 e. The van der Waals surface area contributed by atoms with Crippen LogP contribution in [0.25, 0.3) is 87.1 Å². The number of hydrogen-bond donors (Lipinski definition) is 0. The molecule has 0 saturated carbocycles. The lowest BCUT2D eigenvalue weighted by Gasteiger charge is -2.39. The van der Waals surface area contributed by atoms with E-state index < -0.39 is 5.41 Å². The Kier molecular flexibility index (Phi) is 7.39. The number of para-hydroxylation sites is 2. The van der Waals surface area contributed by atoms with Crippen molar-refractivity contribution in [3.05, 3.63) is 229 Å². The van der Waals surface area contributed by atoms with Crippen LogP contribution in [0, 0.1) is 0 Å². The summed E-state index contributed by atoms with van der Waals surface area (Å²) in [5, 5.41) is 3.48. The van der Waals surface area contributed by atoms with E-state index in [1.165, 1.54) is 49.0 Å². The lowest BCUT2D eigenvalue weighted by molar-refractivity contribution is 0.436. The molecule has 0 fully saturated rings. The van der Waals surface area contributed by atoms with Crippen molar-refractivity contribution in [3.8, 4) is 67.5 Å². The summed E-state index contributed by atoms with van der Waals surface area (Å²) in [5.41, 5.74) is 15.6. The number of benzene rings is 9.